The smallest absolute Gasteiger partial charge is 0.108 e. The molecular weight excluding hydrogens is 186 g/mol. The van der Waals surface area contributed by atoms with E-state index in [1.807, 2.05) is 0 Å². The van der Waals surface area contributed by atoms with E-state index in [4.69, 9.17) is 5.73 Å². The maximum absolute atomic E-state index is 5.61. The van der Waals surface area contributed by atoms with Crippen molar-refractivity contribution in [1.82, 2.24) is 9.55 Å². The summed E-state index contributed by atoms with van der Waals surface area (Å²) >= 11 is 0. The number of imidazole rings is 1. The highest BCUT2D eigenvalue weighted by Crippen LogP contribution is 2.24. The highest BCUT2D eigenvalue weighted by molar-refractivity contribution is 5.10. The summed E-state index contributed by atoms with van der Waals surface area (Å²) in [6.07, 6.45) is 5.75. The van der Waals surface area contributed by atoms with E-state index in [-0.39, 0.29) is 0 Å². The van der Waals surface area contributed by atoms with Gasteiger partial charge >= 0.3 is 0 Å². The number of nitrogens with zero attached hydrogens (tertiary/aromatic N) is 2. The number of aryl methyl sites for hydroxylation is 1. The Morgan fingerprint density at radius 3 is 3.07 bits per heavy atom. The molecule has 1 aliphatic rings. The average Bonchev–Trinajstić information content (AvgIpc) is 2.61. The van der Waals surface area contributed by atoms with Crippen molar-refractivity contribution < 1.29 is 0 Å². The fourth-order valence-corrected chi connectivity index (χ4v) is 2.29. The molecule has 1 unspecified atom stereocenters. The monoisotopic (exact) mass is 207 g/mol. The summed E-state index contributed by atoms with van der Waals surface area (Å²) in [7, 11) is 0. The lowest BCUT2D eigenvalue weighted by atomic mass is 9.96. The predicted octanol–water partition coefficient (Wildman–Crippen LogP) is 1.92. The lowest BCUT2D eigenvalue weighted by Crippen LogP contribution is -2.22. The summed E-state index contributed by atoms with van der Waals surface area (Å²) in [5.41, 5.74) is 6.84. The van der Waals surface area contributed by atoms with Crippen LogP contribution in [0.5, 0.6) is 0 Å². The zero-order valence-corrected chi connectivity index (χ0v) is 9.74. The van der Waals surface area contributed by atoms with E-state index in [2.05, 4.69) is 29.6 Å². The van der Waals surface area contributed by atoms with Gasteiger partial charge in [-0.3, -0.25) is 0 Å². The fourth-order valence-electron chi connectivity index (χ4n) is 2.29. The third-order valence-electron chi connectivity index (χ3n) is 3.28. The van der Waals surface area contributed by atoms with Crippen molar-refractivity contribution in [1.29, 1.82) is 0 Å². The molecule has 1 atom stereocenters. The Hall–Kier alpha value is -0.830. The van der Waals surface area contributed by atoms with Crippen LogP contribution in [0.1, 0.15) is 44.1 Å². The molecule has 1 aromatic rings. The van der Waals surface area contributed by atoms with Crippen LogP contribution in [0, 0.1) is 5.92 Å². The van der Waals surface area contributed by atoms with Crippen molar-refractivity contribution in [2.24, 2.45) is 11.7 Å². The van der Waals surface area contributed by atoms with Gasteiger partial charge in [-0.05, 0) is 31.2 Å². The van der Waals surface area contributed by atoms with Gasteiger partial charge in [0.25, 0.3) is 0 Å². The number of hydrogen-bond acceptors (Lipinski definition) is 2. The van der Waals surface area contributed by atoms with Crippen LogP contribution < -0.4 is 5.73 Å². The normalized spacial score (nSPS) is 20.7. The van der Waals surface area contributed by atoms with Gasteiger partial charge in [0.2, 0.25) is 0 Å². The molecule has 3 heteroatoms. The molecule has 0 aliphatic carbocycles. The molecule has 0 fully saturated rings. The van der Waals surface area contributed by atoms with E-state index >= 15 is 0 Å². The second-order valence-corrected chi connectivity index (χ2v) is 4.87. The summed E-state index contributed by atoms with van der Waals surface area (Å²) in [6, 6.07) is 0. The second kappa shape index (κ2) is 4.35. The Labute approximate surface area is 91.7 Å². The molecule has 2 rings (SSSR count). The van der Waals surface area contributed by atoms with Gasteiger partial charge in [0.1, 0.15) is 5.82 Å². The van der Waals surface area contributed by atoms with Crippen molar-refractivity contribution in [3.63, 3.8) is 0 Å². The van der Waals surface area contributed by atoms with E-state index in [1.165, 1.54) is 17.9 Å². The second-order valence-electron chi connectivity index (χ2n) is 4.87. The van der Waals surface area contributed by atoms with Gasteiger partial charge in [-0.25, -0.2) is 4.98 Å². The summed E-state index contributed by atoms with van der Waals surface area (Å²) in [6.45, 7) is 6.33. The van der Waals surface area contributed by atoms with Gasteiger partial charge in [-0.1, -0.05) is 13.8 Å². The highest BCUT2D eigenvalue weighted by atomic mass is 15.1. The molecule has 0 amide bonds. The van der Waals surface area contributed by atoms with Gasteiger partial charge in [0.05, 0.1) is 5.69 Å². The van der Waals surface area contributed by atoms with E-state index in [0.717, 1.165) is 31.8 Å². The molecule has 3 nitrogen and oxygen atoms in total. The summed E-state index contributed by atoms with van der Waals surface area (Å²) in [4.78, 5) is 4.68. The Morgan fingerprint density at radius 1 is 1.60 bits per heavy atom. The fraction of sp³-hybridized carbons (Fsp3) is 0.750. The van der Waals surface area contributed by atoms with Crippen LogP contribution in [0.3, 0.4) is 0 Å². The zero-order chi connectivity index (χ0) is 10.8. The topological polar surface area (TPSA) is 43.8 Å². The van der Waals surface area contributed by atoms with Crippen molar-refractivity contribution >= 4 is 0 Å². The van der Waals surface area contributed by atoms with E-state index in [0.29, 0.717) is 5.92 Å². The highest BCUT2D eigenvalue weighted by Gasteiger charge is 2.20. The lowest BCUT2D eigenvalue weighted by Gasteiger charge is -2.22. The van der Waals surface area contributed by atoms with E-state index in [1.54, 1.807) is 0 Å². The van der Waals surface area contributed by atoms with Gasteiger partial charge in [-0.15, -0.1) is 0 Å². The van der Waals surface area contributed by atoms with Crippen LogP contribution in [0.2, 0.25) is 0 Å². The molecule has 1 aromatic heterocycles. The molecule has 0 bridgehead atoms. The molecule has 2 N–H and O–H groups in total. The van der Waals surface area contributed by atoms with Gasteiger partial charge in [0.15, 0.2) is 0 Å². The molecule has 1 aliphatic heterocycles. The quantitative estimate of drug-likeness (QED) is 0.823. The van der Waals surface area contributed by atoms with Gasteiger partial charge in [0, 0.05) is 19.2 Å². The Morgan fingerprint density at radius 2 is 2.40 bits per heavy atom. The number of nitrogens with two attached hydrogens (primary N) is 1. The van der Waals surface area contributed by atoms with Crippen LogP contribution in [-0.2, 0) is 13.0 Å². The first-order chi connectivity index (χ1) is 7.20. The lowest BCUT2D eigenvalue weighted by molar-refractivity contribution is 0.349. The molecule has 0 spiro atoms. The summed E-state index contributed by atoms with van der Waals surface area (Å²) in [5, 5.41) is 0. The third-order valence-corrected chi connectivity index (χ3v) is 3.28. The van der Waals surface area contributed by atoms with Crippen LogP contribution >= 0.6 is 0 Å². The van der Waals surface area contributed by atoms with E-state index < -0.39 is 0 Å². The number of fused-ring (bicyclic) bond motifs is 1. The molecule has 2 heterocycles. The van der Waals surface area contributed by atoms with Crippen LogP contribution in [-0.4, -0.2) is 16.1 Å². The maximum Gasteiger partial charge on any atom is 0.108 e. The molecule has 84 valence electrons. The van der Waals surface area contributed by atoms with Crippen LogP contribution in [0.25, 0.3) is 0 Å². The van der Waals surface area contributed by atoms with Crippen molar-refractivity contribution in [3.8, 4) is 0 Å². The third kappa shape index (κ3) is 2.23. The minimum atomic E-state index is 0.538. The van der Waals surface area contributed by atoms with Crippen molar-refractivity contribution in [3.05, 3.63) is 17.7 Å². The molecule has 0 saturated heterocycles. The Bertz CT molecular complexity index is 328. The van der Waals surface area contributed by atoms with Crippen LogP contribution in [0.15, 0.2) is 6.20 Å². The predicted molar refractivity (Wildman–Crippen MR) is 61.8 cm³/mol. The zero-order valence-electron chi connectivity index (χ0n) is 9.74. The minimum Gasteiger partial charge on any atom is -0.334 e. The minimum absolute atomic E-state index is 0.538. The standard InChI is InChI=1S/C12H21N3/c1-9(2)11-8-15-7-10(5-6-13)3-4-12(15)14-11/h8-10H,3-7,13H2,1-2H3. The molecule has 15 heavy (non-hydrogen) atoms. The molecular formula is C12H21N3. The first kappa shape index (κ1) is 10.7. The molecule has 0 saturated carbocycles. The Balaban J connectivity index is 2.12. The van der Waals surface area contributed by atoms with Gasteiger partial charge < -0.3 is 10.3 Å². The largest absolute Gasteiger partial charge is 0.334 e. The molecule has 0 radical (unpaired) electrons. The van der Waals surface area contributed by atoms with Crippen molar-refractivity contribution in [2.45, 2.75) is 45.6 Å². The van der Waals surface area contributed by atoms with E-state index in [9.17, 15) is 0 Å². The van der Waals surface area contributed by atoms with Gasteiger partial charge in [-0.2, -0.15) is 0 Å². The Kier molecular flexibility index (Phi) is 3.10. The summed E-state index contributed by atoms with van der Waals surface area (Å²) in [5.74, 6) is 2.57. The maximum atomic E-state index is 5.61. The number of aromatic nitrogens is 2. The SMILES string of the molecule is CC(C)c1cn2c(n1)CCC(CCN)C2. The van der Waals surface area contributed by atoms with Crippen molar-refractivity contribution in [2.75, 3.05) is 6.54 Å². The summed E-state index contributed by atoms with van der Waals surface area (Å²) < 4.78 is 2.33. The van der Waals surface area contributed by atoms with Crippen LogP contribution in [0.4, 0.5) is 0 Å². The average molecular weight is 207 g/mol. The first-order valence-corrected chi connectivity index (χ1v) is 5.96. The molecule has 0 aromatic carbocycles. The number of hydrogen-bond donors (Lipinski definition) is 1. The first-order valence-electron chi connectivity index (χ1n) is 5.96. The number of rotatable bonds is 3.